The van der Waals surface area contributed by atoms with E-state index in [9.17, 15) is 9.59 Å². The zero-order valence-corrected chi connectivity index (χ0v) is 10.6. The average molecular weight is 262 g/mol. The first kappa shape index (κ1) is 13.1. The molecular weight excluding hydrogens is 248 g/mol. The number of hydrogen-bond acceptors (Lipinski definition) is 4. The number of nitrogens with zero attached hydrogens (tertiary/aromatic N) is 1. The molecule has 0 aliphatic heterocycles. The smallest absolute Gasteiger partial charge is 0.304 e. The van der Waals surface area contributed by atoms with Crippen molar-refractivity contribution >= 4 is 28.7 Å². The minimum atomic E-state index is -0.996. The van der Waals surface area contributed by atoms with Gasteiger partial charge in [0.25, 0.3) is 0 Å². The summed E-state index contributed by atoms with van der Waals surface area (Å²) < 4.78 is 5.36. The SMILES string of the molecule is Cc1nc2ccc(NC(=O)C(C)CC(=O)O)cc2o1. The normalized spacial score (nSPS) is 12.3. The van der Waals surface area contributed by atoms with Crippen molar-refractivity contribution < 1.29 is 19.1 Å². The highest BCUT2D eigenvalue weighted by molar-refractivity contribution is 5.95. The van der Waals surface area contributed by atoms with Crippen LogP contribution in [0.1, 0.15) is 19.2 Å². The first-order valence-electron chi connectivity index (χ1n) is 5.85. The van der Waals surface area contributed by atoms with Crippen LogP contribution in [-0.4, -0.2) is 22.0 Å². The minimum Gasteiger partial charge on any atom is -0.481 e. The molecule has 2 aromatic rings. The molecule has 2 rings (SSSR count). The second-order valence-corrected chi connectivity index (χ2v) is 4.40. The molecule has 1 heterocycles. The maximum atomic E-state index is 11.8. The predicted octanol–water partition coefficient (Wildman–Crippen LogP) is 2.19. The maximum Gasteiger partial charge on any atom is 0.304 e. The number of fused-ring (bicyclic) bond motifs is 1. The van der Waals surface area contributed by atoms with Crippen LogP contribution >= 0.6 is 0 Å². The van der Waals surface area contributed by atoms with Gasteiger partial charge in [-0.15, -0.1) is 0 Å². The summed E-state index contributed by atoms with van der Waals surface area (Å²) in [4.78, 5) is 26.5. The van der Waals surface area contributed by atoms with Crippen molar-refractivity contribution in [2.45, 2.75) is 20.3 Å². The van der Waals surface area contributed by atoms with Crippen LogP contribution < -0.4 is 5.32 Å². The fourth-order valence-electron chi connectivity index (χ4n) is 1.74. The number of rotatable bonds is 4. The first-order valence-corrected chi connectivity index (χ1v) is 5.85. The highest BCUT2D eigenvalue weighted by atomic mass is 16.4. The van der Waals surface area contributed by atoms with Crippen LogP contribution in [0.5, 0.6) is 0 Å². The molecule has 2 N–H and O–H groups in total. The number of carboxylic acid groups (broad SMARTS) is 1. The van der Waals surface area contributed by atoms with Gasteiger partial charge in [-0.2, -0.15) is 0 Å². The highest BCUT2D eigenvalue weighted by Crippen LogP contribution is 2.20. The van der Waals surface area contributed by atoms with E-state index in [0.29, 0.717) is 22.7 Å². The van der Waals surface area contributed by atoms with E-state index in [2.05, 4.69) is 10.3 Å². The fourth-order valence-corrected chi connectivity index (χ4v) is 1.74. The average Bonchev–Trinajstić information content (AvgIpc) is 2.67. The molecule has 6 heteroatoms. The number of hydrogen-bond donors (Lipinski definition) is 2. The maximum absolute atomic E-state index is 11.8. The number of carbonyl (C=O) groups is 2. The molecule has 0 saturated carbocycles. The van der Waals surface area contributed by atoms with Gasteiger partial charge in [-0.1, -0.05) is 6.92 Å². The molecule has 1 unspecified atom stereocenters. The van der Waals surface area contributed by atoms with Gasteiger partial charge in [0.15, 0.2) is 11.5 Å². The van der Waals surface area contributed by atoms with E-state index in [1.807, 2.05) is 0 Å². The zero-order valence-electron chi connectivity index (χ0n) is 10.6. The van der Waals surface area contributed by atoms with E-state index in [-0.39, 0.29) is 12.3 Å². The Morgan fingerprint density at radius 2 is 2.21 bits per heavy atom. The van der Waals surface area contributed by atoms with Gasteiger partial charge in [0.2, 0.25) is 5.91 Å². The molecule has 0 aliphatic carbocycles. The predicted molar refractivity (Wildman–Crippen MR) is 68.8 cm³/mol. The lowest BCUT2D eigenvalue weighted by atomic mass is 10.1. The van der Waals surface area contributed by atoms with Gasteiger partial charge in [-0.3, -0.25) is 9.59 Å². The topological polar surface area (TPSA) is 92.4 Å². The van der Waals surface area contributed by atoms with E-state index >= 15 is 0 Å². The molecule has 0 saturated heterocycles. The quantitative estimate of drug-likeness (QED) is 0.881. The molecule has 0 fully saturated rings. The van der Waals surface area contributed by atoms with Crippen LogP contribution in [0.3, 0.4) is 0 Å². The Hall–Kier alpha value is -2.37. The number of amides is 1. The first-order chi connectivity index (χ1) is 8.95. The molecule has 19 heavy (non-hydrogen) atoms. The lowest BCUT2D eigenvalue weighted by Crippen LogP contribution is -2.22. The van der Waals surface area contributed by atoms with Gasteiger partial charge in [-0.25, -0.2) is 4.98 Å². The minimum absolute atomic E-state index is 0.199. The third-order valence-corrected chi connectivity index (χ3v) is 2.69. The van der Waals surface area contributed by atoms with Gasteiger partial charge in [0.05, 0.1) is 6.42 Å². The zero-order chi connectivity index (χ0) is 14.0. The van der Waals surface area contributed by atoms with E-state index < -0.39 is 11.9 Å². The number of carboxylic acids is 1. The van der Waals surface area contributed by atoms with E-state index in [1.165, 1.54) is 0 Å². The Morgan fingerprint density at radius 1 is 1.47 bits per heavy atom. The van der Waals surface area contributed by atoms with Gasteiger partial charge in [0, 0.05) is 24.6 Å². The summed E-state index contributed by atoms with van der Waals surface area (Å²) in [5, 5.41) is 11.3. The highest BCUT2D eigenvalue weighted by Gasteiger charge is 2.16. The van der Waals surface area contributed by atoms with Crippen LogP contribution in [0.4, 0.5) is 5.69 Å². The number of aromatic nitrogens is 1. The summed E-state index contributed by atoms with van der Waals surface area (Å²) in [7, 11) is 0. The van der Waals surface area contributed by atoms with Gasteiger partial charge >= 0.3 is 5.97 Å². The van der Waals surface area contributed by atoms with Gasteiger partial charge in [-0.05, 0) is 12.1 Å². The van der Waals surface area contributed by atoms with E-state index in [0.717, 1.165) is 0 Å². The fraction of sp³-hybridized carbons (Fsp3) is 0.308. The molecular formula is C13H14N2O4. The standard InChI is InChI=1S/C13H14N2O4/c1-7(5-12(16)17)13(18)15-9-3-4-10-11(6-9)19-8(2)14-10/h3-4,6-7H,5H2,1-2H3,(H,15,18)(H,16,17). The van der Waals surface area contributed by atoms with Crippen LogP contribution in [0.2, 0.25) is 0 Å². The summed E-state index contributed by atoms with van der Waals surface area (Å²) in [6, 6.07) is 5.11. The summed E-state index contributed by atoms with van der Waals surface area (Å²) >= 11 is 0. The molecule has 100 valence electrons. The number of oxazole rings is 1. The van der Waals surface area contributed by atoms with Crippen molar-refractivity contribution in [3.05, 3.63) is 24.1 Å². The Morgan fingerprint density at radius 3 is 2.89 bits per heavy atom. The van der Waals surface area contributed by atoms with Crippen molar-refractivity contribution in [2.75, 3.05) is 5.32 Å². The summed E-state index contributed by atoms with van der Waals surface area (Å²) in [5.41, 5.74) is 1.86. The molecule has 0 radical (unpaired) electrons. The van der Waals surface area contributed by atoms with Crippen molar-refractivity contribution in [1.29, 1.82) is 0 Å². The van der Waals surface area contributed by atoms with Crippen LogP contribution in [0.25, 0.3) is 11.1 Å². The van der Waals surface area contributed by atoms with Crippen LogP contribution in [0, 0.1) is 12.8 Å². The largest absolute Gasteiger partial charge is 0.481 e. The summed E-state index contributed by atoms with van der Waals surface area (Å²) in [6.45, 7) is 3.31. The van der Waals surface area contributed by atoms with Crippen molar-refractivity contribution in [3.63, 3.8) is 0 Å². The molecule has 1 amide bonds. The third-order valence-electron chi connectivity index (χ3n) is 2.69. The molecule has 0 bridgehead atoms. The van der Waals surface area contributed by atoms with Gasteiger partial charge < -0.3 is 14.8 Å². The lowest BCUT2D eigenvalue weighted by Gasteiger charge is -2.09. The number of aryl methyl sites for hydroxylation is 1. The number of anilines is 1. The summed E-state index contributed by atoms with van der Waals surface area (Å²) in [5.74, 6) is -1.37. The molecule has 1 aromatic carbocycles. The lowest BCUT2D eigenvalue weighted by molar-refractivity contribution is -0.139. The number of nitrogens with one attached hydrogen (secondary N) is 1. The van der Waals surface area contributed by atoms with E-state index in [4.69, 9.17) is 9.52 Å². The molecule has 1 atom stereocenters. The van der Waals surface area contributed by atoms with Crippen molar-refractivity contribution in [1.82, 2.24) is 4.98 Å². The Labute approximate surface area is 109 Å². The van der Waals surface area contributed by atoms with Gasteiger partial charge in [0.1, 0.15) is 5.52 Å². The number of aliphatic carboxylic acids is 1. The van der Waals surface area contributed by atoms with E-state index in [1.54, 1.807) is 32.0 Å². The Kier molecular flexibility index (Phi) is 3.50. The Bertz CT molecular complexity index is 633. The molecule has 0 aliphatic rings. The Balaban J connectivity index is 2.12. The second kappa shape index (κ2) is 5.09. The van der Waals surface area contributed by atoms with Crippen molar-refractivity contribution in [3.8, 4) is 0 Å². The number of benzene rings is 1. The monoisotopic (exact) mass is 262 g/mol. The second-order valence-electron chi connectivity index (χ2n) is 4.40. The number of carbonyl (C=O) groups excluding carboxylic acids is 1. The molecule has 6 nitrogen and oxygen atoms in total. The molecule has 0 spiro atoms. The van der Waals surface area contributed by atoms with Crippen LogP contribution in [0.15, 0.2) is 22.6 Å². The summed E-state index contributed by atoms with van der Waals surface area (Å²) in [6.07, 6.45) is -0.199. The third kappa shape index (κ3) is 3.09. The molecule has 1 aromatic heterocycles. The van der Waals surface area contributed by atoms with Crippen LogP contribution in [-0.2, 0) is 9.59 Å². The van der Waals surface area contributed by atoms with Crippen molar-refractivity contribution in [2.24, 2.45) is 5.92 Å².